The first-order valence-corrected chi connectivity index (χ1v) is 15.1. The number of unbranched alkanes of at least 4 members (excludes halogenated alkanes) is 3. The van der Waals surface area contributed by atoms with Gasteiger partial charge in [0.15, 0.2) is 5.82 Å². The molecule has 0 bridgehead atoms. The Morgan fingerprint density at radius 2 is 1.70 bits per heavy atom. The van der Waals surface area contributed by atoms with E-state index in [9.17, 15) is 9.18 Å². The van der Waals surface area contributed by atoms with Crippen LogP contribution in [-0.2, 0) is 0 Å². The zero-order chi connectivity index (χ0) is 29.6. The second-order valence-corrected chi connectivity index (χ2v) is 11.1. The summed E-state index contributed by atoms with van der Waals surface area (Å²) in [6.07, 6.45) is 11.9. The molecule has 216 valence electrons. The van der Waals surface area contributed by atoms with Crippen molar-refractivity contribution in [1.82, 2.24) is 24.4 Å². The van der Waals surface area contributed by atoms with Crippen LogP contribution in [0, 0.1) is 5.82 Å². The Labute approximate surface area is 252 Å². The van der Waals surface area contributed by atoms with E-state index in [1.54, 1.807) is 24.3 Å². The number of hydrogen-bond acceptors (Lipinski definition) is 6. The van der Waals surface area contributed by atoms with Gasteiger partial charge in [0.2, 0.25) is 4.96 Å². The summed E-state index contributed by atoms with van der Waals surface area (Å²) in [5.41, 5.74) is 3.94. The van der Waals surface area contributed by atoms with E-state index in [-0.39, 0.29) is 11.4 Å². The van der Waals surface area contributed by atoms with Gasteiger partial charge in [0, 0.05) is 17.3 Å². The summed E-state index contributed by atoms with van der Waals surface area (Å²) in [6, 6.07) is 23.9. The maximum absolute atomic E-state index is 13.3. The van der Waals surface area contributed by atoms with Crippen molar-refractivity contribution in [2.75, 3.05) is 6.61 Å². The fourth-order valence-corrected chi connectivity index (χ4v) is 5.57. The number of aromatic nitrogens is 5. The number of hydrogen-bond donors (Lipinski definition) is 0. The van der Waals surface area contributed by atoms with Gasteiger partial charge in [-0.15, -0.1) is 5.10 Å². The molecular formula is C34H30FN5O2S. The lowest BCUT2D eigenvalue weighted by molar-refractivity contribution is 0.305. The topological polar surface area (TPSA) is 74.3 Å². The van der Waals surface area contributed by atoms with E-state index in [1.165, 1.54) is 47.2 Å². The van der Waals surface area contributed by atoms with E-state index in [2.05, 4.69) is 17.0 Å². The summed E-state index contributed by atoms with van der Waals surface area (Å²) in [5.74, 6) is 0.934. The largest absolute Gasteiger partial charge is 0.494 e. The molecule has 0 radical (unpaired) electrons. The fraction of sp³-hybridized carbons (Fsp3) is 0.176. The zero-order valence-corrected chi connectivity index (χ0v) is 24.5. The van der Waals surface area contributed by atoms with Crippen LogP contribution in [0.1, 0.15) is 49.6 Å². The van der Waals surface area contributed by atoms with Crippen LogP contribution in [-0.4, -0.2) is 31.0 Å². The lowest BCUT2D eigenvalue weighted by Crippen LogP contribution is -2.23. The second-order valence-electron chi connectivity index (χ2n) is 10.1. The maximum atomic E-state index is 13.3. The van der Waals surface area contributed by atoms with Crippen LogP contribution in [0.2, 0.25) is 0 Å². The molecule has 0 atom stereocenters. The maximum Gasteiger partial charge on any atom is 0.291 e. The Hall–Kier alpha value is -4.89. The highest BCUT2D eigenvalue weighted by Crippen LogP contribution is 2.27. The van der Waals surface area contributed by atoms with Gasteiger partial charge >= 0.3 is 0 Å². The summed E-state index contributed by atoms with van der Waals surface area (Å²) in [4.78, 5) is 18.3. The molecule has 0 spiro atoms. The van der Waals surface area contributed by atoms with Crippen molar-refractivity contribution in [3.8, 4) is 22.7 Å². The Morgan fingerprint density at radius 3 is 2.44 bits per heavy atom. The molecule has 0 fully saturated rings. The van der Waals surface area contributed by atoms with Crippen LogP contribution >= 0.6 is 11.3 Å². The summed E-state index contributed by atoms with van der Waals surface area (Å²) in [5, 5.41) is 9.27. The molecule has 7 nitrogen and oxygen atoms in total. The molecule has 3 heterocycles. The van der Waals surface area contributed by atoms with Crippen molar-refractivity contribution in [3.05, 3.63) is 123 Å². The highest BCUT2D eigenvalue weighted by molar-refractivity contribution is 7.15. The van der Waals surface area contributed by atoms with Crippen LogP contribution in [0.25, 0.3) is 40.1 Å². The molecule has 0 unspecified atom stereocenters. The van der Waals surface area contributed by atoms with Gasteiger partial charge in [-0.2, -0.15) is 14.6 Å². The quantitative estimate of drug-likeness (QED) is 0.155. The molecule has 0 saturated carbocycles. The van der Waals surface area contributed by atoms with Gasteiger partial charge in [0.1, 0.15) is 17.3 Å². The summed E-state index contributed by atoms with van der Waals surface area (Å²) >= 11 is 1.27. The first kappa shape index (κ1) is 28.2. The van der Waals surface area contributed by atoms with Crippen molar-refractivity contribution in [3.63, 3.8) is 0 Å². The minimum absolute atomic E-state index is 0.251. The van der Waals surface area contributed by atoms with Gasteiger partial charge in [-0.25, -0.2) is 9.07 Å². The predicted octanol–water partition coefficient (Wildman–Crippen LogP) is 6.82. The van der Waals surface area contributed by atoms with Gasteiger partial charge in [-0.1, -0.05) is 73.9 Å². The monoisotopic (exact) mass is 591 g/mol. The zero-order valence-electron chi connectivity index (χ0n) is 23.7. The van der Waals surface area contributed by atoms with Gasteiger partial charge in [0.05, 0.1) is 16.8 Å². The molecule has 0 aliphatic rings. The van der Waals surface area contributed by atoms with Crippen LogP contribution in [0.4, 0.5) is 4.39 Å². The molecule has 6 rings (SSSR count). The average molecular weight is 592 g/mol. The SMILES string of the molecule is CCCCCCOc1ccc(-c2nn(-c3ccccc3)cc2/C=c2\sc3nc(/C=C/c4ccc(F)cc4)nn3c2=O)cc1. The summed E-state index contributed by atoms with van der Waals surface area (Å²) in [7, 11) is 0. The summed E-state index contributed by atoms with van der Waals surface area (Å²) < 4.78 is 22.8. The van der Waals surface area contributed by atoms with E-state index in [4.69, 9.17) is 9.84 Å². The predicted molar refractivity (Wildman–Crippen MR) is 170 cm³/mol. The Morgan fingerprint density at radius 1 is 0.907 bits per heavy atom. The molecule has 3 aromatic heterocycles. The van der Waals surface area contributed by atoms with E-state index in [0.717, 1.165) is 40.2 Å². The average Bonchev–Trinajstić information content (AvgIpc) is 3.72. The number of halogens is 1. The Kier molecular flexibility index (Phi) is 8.51. The first-order valence-electron chi connectivity index (χ1n) is 14.3. The number of ether oxygens (including phenoxy) is 1. The minimum atomic E-state index is -0.297. The molecular weight excluding hydrogens is 561 g/mol. The third-order valence-electron chi connectivity index (χ3n) is 6.94. The Bertz CT molecular complexity index is 1960. The van der Waals surface area contributed by atoms with Crippen LogP contribution in [0.15, 0.2) is 89.9 Å². The molecule has 0 amide bonds. The Balaban J connectivity index is 1.30. The molecule has 0 saturated heterocycles. The molecule has 0 aliphatic heterocycles. The van der Waals surface area contributed by atoms with Crippen molar-refractivity contribution in [1.29, 1.82) is 0 Å². The van der Waals surface area contributed by atoms with Crippen molar-refractivity contribution >= 4 is 34.5 Å². The van der Waals surface area contributed by atoms with Crippen molar-refractivity contribution in [2.24, 2.45) is 0 Å². The molecule has 6 aromatic rings. The van der Waals surface area contributed by atoms with Crippen molar-refractivity contribution in [2.45, 2.75) is 32.6 Å². The van der Waals surface area contributed by atoms with Gasteiger partial charge in [-0.05, 0) is 72.7 Å². The first-order chi connectivity index (χ1) is 21.1. The highest BCUT2D eigenvalue weighted by atomic mass is 32.1. The number of rotatable bonds is 11. The minimum Gasteiger partial charge on any atom is -0.494 e. The van der Waals surface area contributed by atoms with Crippen LogP contribution < -0.4 is 14.8 Å². The van der Waals surface area contributed by atoms with Crippen molar-refractivity contribution < 1.29 is 9.13 Å². The van der Waals surface area contributed by atoms with Crippen LogP contribution in [0.3, 0.4) is 0 Å². The van der Waals surface area contributed by atoms with E-state index in [1.807, 2.05) is 71.6 Å². The van der Waals surface area contributed by atoms with Gasteiger partial charge in [-0.3, -0.25) is 4.79 Å². The molecule has 43 heavy (non-hydrogen) atoms. The second kappa shape index (κ2) is 13.0. The van der Waals surface area contributed by atoms with E-state index < -0.39 is 0 Å². The third kappa shape index (κ3) is 6.62. The molecule has 0 N–H and O–H groups in total. The number of fused-ring (bicyclic) bond motifs is 1. The lowest BCUT2D eigenvalue weighted by atomic mass is 10.1. The normalized spacial score (nSPS) is 12.1. The van der Waals surface area contributed by atoms with E-state index >= 15 is 0 Å². The van der Waals surface area contributed by atoms with Crippen LogP contribution in [0.5, 0.6) is 5.75 Å². The number of benzene rings is 3. The fourth-order valence-electron chi connectivity index (χ4n) is 4.66. The highest BCUT2D eigenvalue weighted by Gasteiger charge is 2.14. The number of thiazole rings is 1. The summed E-state index contributed by atoms with van der Waals surface area (Å²) in [6.45, 7) is 2.90. The van der Waals surface area contributed by atoms with Gasteiger partial charge in [0.25, 0.3) is 5.56 Å². The molecule has 3 aromatic carbocycles. The standard InChI is InChI=1S/C34H30FN5O2S/c1-2-3-4-8-21-42-29-18-14-25(15-19-29)32-26(23-39(38-32)28-9-6-5-7-10-28)22-30-33(41)40-34(43-30)36-31(37-40)20-13-24-11-16-27(35)17-12-24/h5-7,9-20,22-23H,2-4,8,21H2,1H3/b20-13+,30-22-. The van der Waals surface area contributed by atoms with Gasteiger partial charge < -0.3 is 4.74 Å². The number of para-hydroxylation sites is 1. The lowest BCUT2D eigenvalue weighted by Gasteiger charge is -2.07. The molecule has 0 aliphatic carbocycles. The smallest absolute Gasteiger partial charge is 0.291 e. The molecule has 9 heteroatoms. The number of nitrogens with zero attached hydrogens (tertiary/aromatic N) is 5. The third-order valence-corrected chi connectivity index (χ3v) is 7.90. The van der Waals surface area contributed by atoms with E-state index in [0.29, 0.717) is 21.9 Å².